The van der Waals surface area contributed by atoms with E-state index in [0.29, 0.717) is 22.2 Å². The van der Waals surface area contributed by atoms with E-state index in [1.54, 1.807) is 18.2 Å². The van der Waals surface area contributed by atoms with E-state index in [4.69, 9.17) is 21.4 Å². The second-order valence-corrected chi connectivity index (χ2v) is 3.67. The minimum Gasteiger partial charge on any atom is -0.496 e. The molecule has 1 aromatic heterocycles. The summed E-state index contributed by atoms with van der Waals surface area (Å²) in [4.78, 5) is 17.4. The number of rotatable bonds is 3. The number of aromatic carboxylic acids is 1. The number of aromatic nitrogens is 2. The normalized spacial score (nSPS) is 10.2. The van der Waals surface area contributed by atoms with Crippen molar-refractivity contribution in [2.24, 2.45) is 0 Å². The Hall–Kier alpha value is -2.01. The lowest BCUT2D eigenvalue weighted by molar-refractivity contribution is 0.0691. The van der Waals surface area contributed by atoms with Crippen molar-refractivity contribution in [1.29, 1.82) is 0 Å². The zero-order valence-corrected chi connectivity index (χ0v) is 9.65. The Labute approximate surface area is 102 Å². The molecule has 88 valence electrons. The summed E-state index contributed by atoms with van der Waals surface area (Å²) in [6.07, 6.45) is 1.24. The van der Waals surface area contributed by atoms with E-state index >= 15 is 0 Å². The predicted octanol–water partition coefficient (Wildman–Crippen LogP) is 2.44. The van der Waals surface area contributed by atoms with E-state index in [1.807, 2.05) is 0 Å². The highest BCUT2D eigenvalue weighted by molar-refractivity contribution is 6.33. The summed E-state index contributed by atoms with van der Waals surface area (Å²) in [5.74, 6) is -0.177. The van der Waals surface area contributed by atoms with Gasteiger partial charge in [-0.1, -0.05) is 17.7 Å². The number of hydrogen-bond donors (Lipinski definition) is 2. The Morgan fingerprint density at radius 2 is 2.29 bits per heavy atom. The third-order valence-electron chi connectivity index (χ3n) is 2.24. The van der Waals surface area contributed by atoms with Crippen molar-refractivity contribution in [1.82, 2.24) is 9.97 Å². The Kier molecular flexibility index (Phi) is 3.01. The first-order valence-electron chi connectivity index (χ1n) is 4.74. The minimum atomic E-state index is -1.07. The van der Waals surface area contributed by atoms with Crippen LogP contribution in [0.4, 0.5) is 0 Å². The fourth-order valence-corrected chi connectivity index (χ4v) is 1.72. The lowest BCUT2D eigenvalue weighted by Gasteiger charge is -2.07. The molecule has 1 heterocycles. The molecular weight excluding hydrogens is 244 g/mol. The number of nitrogens with zero attached hydrogens (tertiary/aromatic N) is 1. The number of hydrogen-bond acceptors (Lipinski definition) is 3. The maximum atomic E-state index is 10.7. The monoisotopic (exact) mass is 252 g/mol. The Morgan fingerprint density at radius 1 is 1.53 bits per heavy atom. The summed E-state index contributed by atoms with van der Waals surface area (Å²) in [6.45, 7) is 0. The van der Waals surface area contributed by atoms with Crippen LogP contribution in [-0.2, 0) is 0 Å². The van der Waals surface area contributed by atoms with Crippen LogP contribution in [0, 0.1) is 0 Å². The zero-order chi connectivity index (χ0) is 12.4. The highest BCUT2D eigenvalue weighted by atomic mass is 35.5. The van der Waals surface area contributed by atoms with Gasteiger partial charge >= 0.3 is 5.97 Å². The highest BCUT2D eigenvalue weighted by Gasteiger charge is 2.15. The average Bonchev–Trinajstić information content (AvgIpc) is 2.77. The second kappa shape index (κ2) is 4.47. The van der Waals surface area contributed by atoms with Crippen molar-refractivity contribution < 1.29 is 14.6 Å². The van der Waals surface area contributed by atoms with E-state index < -0.39 is 5.97 Å². The highest BCUT2D eigenvalue weighted by Crippen LogP contribution is 2.34. The third-order valence-corrected chi connectivity index (χ3v) is 2.55. The van der Waals surface area contributed by atoms with Crippen LogP contribution in [0.15, 0.2) is 24.4 Å². The van der Waals surface area contributed by atoms with Gasteiger partial charge in [0.2, 0.25) is 0 Å². The topological polar surface area (TPSA) is 75.2 Å². The van der Waals surface area contributed by atoms with Gasteiger partial charge in [0, 0.05) is 0 Å². The van der Waals surface area contributed by atoms with E-state index in [1.165, 1.54) is 13.3 Å². The van der Waals surface area contributed by atoms with Gasteiger partial charge < -0.3 is 14.8 Å². The molecule has 0 aliphatic heterocycles. The SMILES string of the molecule is COc1cccc(Cl)c1-c1ncc(C(=O)O)[nH]1. The third kappa shape index (κ3) is 2.09. The van der Waals surface area contributed by atoms with Crippen LogP contribution in [-0.4, -0.2) is 28.2 Å². The summed E-state index contributed by atoms with van der Waals surface area (Å²) in [6, 6.07) is 5.15. The molecule has 17 heavy (non-hydrogen) atoms. The van der Waals surface area contributed by atoms with E-state index in [0.717, 1.165) is 0 Å². The molecule has 6 heteroatoms. The minimum absolute atomic E-state index is 0.00183. The van der Waals surface area contributed by atoms with Crippen molar-refractivity contribution in [2.75, 3.05) is 7.11 Å². The van der Waals surface area contributed by atoms with Gasteiger partial charge in [-0.2, -0.15) is 0 Å². The van der Waals surface area contributed by atoms with Crippen molar-refractivity contribution >= 4 is 17.6 Å². The van der Waals surface area contributed by atoms with Gasteiger partial charge in [0.15, 0.2) is 0 Å². The molecule has 0 radical (unpaired) electrons. The molecule has 5 nitrogen and oxygen atoms in total. The standard InChI is InChI=1S/C11H9ClN2O3/c1-17-8-4-2-3-6(12)9(8)10-13-5-7(14-10)11(15)16/h2-5H,1H3,(H,13,14)(H,15,16). The maximum Gasteiger partial charge on any atom is 0.353 e. The van der Waals surface area contributed by atoms with E-state index in [-0.39, 0.29) is 5.69 Å². The molecule has 0 bridgehead atoms. The van der Waals surface area contributed by atoms with Crippen LogP contribution in [0.25, 0.3) is 11.4 Å². The molecule has 0 atom stereocenters. The number of carboxylic acids is 1. The van der Waals surface area contributed by atoms with Crippen molar-refractivity contribution in [3.05, 3.63) is 35.1 Å². The first kappa shape index (κ1) is 11.5. The van der Waals surface area contributed by atoms with Gasteiger partial charge in [0.25, 0.3) is 0 Å². The first-order chi connectivity index (χ1) is 8.13. The Balaban J connectivity index is 2.55. The number of nitrogens with one attached hydrogen (secondary N) is 1. The van der Waals surface area contributed by atoms with Crippen molar-refractivity contribution in [3.8, 4) is 17.1 Å². The lowest BCUT2D eigenvalue weighted by Crippen LogP contribution is -1.96. The molecule has 0 spiro atoms. The number of benzene rings is 1. The molecule has 2 N–H and O–H groups in total. The summed E-state index contributed by atoms with van der Waals surface area (Å²) in [5, 5.41) is 9.25. The molecule has 1 aromatic carbocycles. The van der Waals surface area contributed by atoms with Crippen LogP contribution in [0.1, 0.15) is 10.5 Å². The second-order valence-electron chi connectivity index (χ2n) is 3.27. The molecule has 0 amide bonds. The number of aromatic amines is 1. The predicted molar refractivity (Wildman–Crippen MR) is 62.5 cm³/mol. The number of carbonyl (C=O) groups is 1. The zero-order valence-electron chi connectivity index (χ0n) is 8.90. The van der Waals surface area contributed by atoms with Crippen LogP contribution in [0.3, 0.4) is 0 Å². The molecule has 2 rings (SSSR count). The number of carboxylic acid groups (broad SMARTS) is 1. The van der Waals surface area contributed by atoms with E-state index in [9.17, 15) is 4.79 Å². The van der Waals surface area contributed by atoms with E-state index in [2.05, 4.69) is 9.97 Å². The van der Waals surface area contributed by atoms with Crippen molar-refractivity contribution in [3.63, 3.8) is 0 Å². The van der Waals surface area contributed by atoms with Gasteiger partial charge in [-0.15, -0.1) is 0 Å². The number of H-pyrrole nitrogens is 1. The largest absolute Gasteiger partial charge is 0.496 e. The van der Waals surface area contributed by atoms with Crippen LogP contribution in [0.5, 0.6) is 5.75 Å². The molecule has 0 aliphatic rings. The summed E-state index contributed by atoms with van der Waals surface area (Å²) in [5.41, 5.74) is 0.547. The van der Waals surface area contributed by atoms with Gasteiger partial charge in [0.1, 0.15) is 17.3 Å². The van der Waals surface area contributed by atoms with Crippen molar-refractivity contribution in [2.45, 2.75) is 0 Å². The average molecular weight is 253 g/mol. The summed E-state index contributed by atoms with van der Waals surface area (Å²) < 4.78 is 5.16. The molecule has 0 fully saturated rings. The fourth-order valence-electron chi connectivity index (χ4n) is 1.46. The molecule has 2 aromatic rings. The first-order valence-corrected chi connectivity index (χ1v) is 5.12. The molecule has 0 saturated carbocycles. The van der Waals surface area contributed by atoms with Gasteiger partial charge in [-0.25, -0.2) is 9.78 Å². The molecule has 0 unspecified atom stereocenters. The Bertz CT molecular complexity index is 566. The Morgan fingerprint density at radius 3 is 2.88 bits per heavy atom. The summed E-state index contributed by atoms with van der Waals surface area (Å²) >= 11 is 6.04. The number of halogens is 1. The van der Waals surface area contributed by atoms with Gasteiger partial charge in [0.05, 0.1) is 23.9 Å². The molecular formula is C11H9ClN2O3. The number of ether oxygens (including phenoxy) is 1. The maximum absolute atomic E-state index is 10.7. The fraction of sp³-hybridized carbons (Fsp3) is 0.0909. The van der Waals surface area contributed by atoms with Gasteiger partial charge in [-0.05, 0) is 12.1 Å². The lowest BCUT2D eigenvalue weighted by atomic mass is 10.2. The number of methoxy groups -OCH3 is 1. The molecule has 0 aliphatic carbocycles. The van der Waals surface area contributed by atoms with Gasteiger partial charge in [-0.3, -0.25) is 0 Å². The smallest absolute Gasteiger partial charge is 0.353 e. The number of imidazole rings is 1. The van der Waals surface area contributed by atoms with Crippen LogP contribution < -0.4 is 4.74 Å². The summed E-state index contributed by atoms with van der Waals surface area (Å²) in [7, 11) is 1.51. The quantitative estimate of drug-likeness (QED) is 0.880. The van der Waals surface area contributed by atoms with Crippen LogP contribution >= 0.6 is 11.6 Å². The molecule has 0 saturated heterocycles. The van der Waals surface area contributed by atoms with Crippen LogP contribution in [0.2, 0.25) is 5.02 Å².